The average Bonchev–Trinajstić information content (AvgIpc) is 2.88. The number of nitrogens with zero attached hydrogens (tertiary/aromatic N) is 2. The molecule has 2 N–H and O–H groups in total. The Morgan fingerprint density at radius 1 is 1.35 bits per heavy atom. The van der Waals surface area contributed by atoms with Crippen LogP contribution in [0, 0.1) is 0 Å². The Morgan fingerprint density at radius 3 is 2.61 bits per heavy atom. The van der Waals surface area contributed by atoms with Crippen molar-refractivity contribution in [2.45, 2.75) is 12.7 Å². The van der Waals surface area contributed by atoms with Gasteiger partial charge in [-0.25, -0.2) is 4.79 Å². The smallest absolute Gasteiger partial charge is 0.417 e. The number of carbonyl (C=O) groups excluding carboxylic acids is 1. The first-order valence-electron chi connectivity index (χ1n) is 6.09. The quantitative estimate of drug-likeness (QED) is 0.890. The second kappa shape index (κ2) is 6.29. The molecule has 0 aliphatic heterocycles. The van der Waals surface area contributed by atoms with Gasteiger partial charge in [-0.15, -0.1) is 0 Å². The highest BCUT2D eigenvalue weighted by atomic mass is 35.5. The number of halogens is 4. The van der Waals surface area contributed by atoms with Gasteiger partial charge < -0.3 is 10.4 Å². The Balaban J connectivity index is 2.09. The zero-order chi connectivity index (χ0) is 17.2. The minimum absolute atomic E-state index is 0.0858. The molecule has 0 saturated carbocycles. The van der Waals surface area contributed by atoms with Gasteiger partial charge in [0.1, 0.15) is 6.54 Å². The number of carboxylic acids is 1. The second-order valence-electron chi connectivity index (χ2n) is 4.47. The Kier molecular flexibility index (Phi) is 4.60. The molecule has 0 atom stereocenters. The van der Waals surface area contributed by atoms with Crippen molar-refractivity contribution in [3.05, 3.63) is 46.7 Å². The molecule has 23 heavy (non-hydrogen) atoms. The number of hydrogen-bond donors (Lipinski definition) is 2. The van der Waals surface area contributed by atoms with E-state index in [1.54, 1.807) is 0 Å². The summed E-state index contributed by atoms with van der Waals surface area (Å²) in [5.74, 6) is -1.87. The molecule has 0 saturated heterocycles. The minimum Gasteiger partial charge on any atom is -0.478 e. The summed E-state index contributed by atoms with van der Waals surface area (Å²) in [6.07, 6.45) is -2.46. The van der Waals surface area contributed by atoms with Crippen molar-refractivity contribution in [3.63, 3.8) is 0 Å². The average molecular weight is 348 g/mol. The first-order chi connectivity index (χ1) is 10.7. The van der Waals surface area contributed by atoms with Crippen molar-refractivity contribution < 1.29 is 27.9 Å². The predicted molar refractivity (Wildman–Crippen MR) is 74.3 cm³/mol. The maximum atomic E-state index is 12.7. The molecule has 2 rings (SSSR count). The van der Waals surface area contributed by atoms with Crippen LogP contribution in [0.1, 0.15) is 15.9 Å². The Morgan fingerprint density at radius 2 is 2.04 bits per heavy atom. The molecule has 0 spiro atoms. The van der Waals surface area contributed by atoms with Crippen LogP contribution in [0.25, 0.3) is 0 Å². The van der Waals surface area contributed by atoms with Crippen molar-refractivity contribution in [3.8, 4) is 0 Å². The molecule has 2 aromatic rings. The van der Waals surface area contributed by atoms with E-state index in [2.05, 4.69) is 10.4 Å². The van der Waals surface area contributed by atoms with Gasteiger partial charge in [-0.05, 0) is 18.2 Å². The number of amides is 1. The molecule has 6 nitrogen and oxygen atoms in total. The van der Waals surface area contributed by atoms with E-state index in [0.717, 1.165) is 23.1 Å². The highest BCUT2D eigenvalue weighted by Crippen LogP contribution is 2.36. The Hall–Kier alpha value is -2.55. The number of benzene rings is 1. The van der Waals surface area contributed by atoms with E-state index < -0.39 is 28.6 Å². The summed E-state index contributed by atoms with van der Waals surface area (Å²) in [6, 6.07) is 2.96. The van der Waals surface area contributed by atoms with Crippen LogP contribution in [-0.2, 0) is 17.5 Å². The van der Waals surface area contributed by atoms with Gasteiger partial charge in [0, 0.05) is 11.9 Å². The summed E-state index contributed by atoms with van der Waals surface area (Å²) < 4.78 is 39.2. The van der Waals surface area contributed by atoms with Crippen LogP contribution in [0.5, 0.6) is 0 Å². The van der Waals surface area contributed by atoms with Crippen molar-refractivity contribution in [2.24, 2.45) is 0 Å². The van der Waals surface area contributed by atoms with Crippen LogP contribution in [0.2, 0.25) is 5.02 Å². The molecule has 1 amide bonds. The van der Waals surface area contributed by atoms with E-state index in [1.807, 2.05) is 0 Å². The molecule has 1 aromatic carbocycles. The SMILES string of the molecule is O=C(Cn1cc(C(=O)O)cn1)Nc1ccc(Cl)c(C(F)(F)F)c1. The van der Waals surface area contributed by atoms with Crippen molar-refractivity contribution in [2.75, 3.05) is 5.32 Å². The fraction of sp³-hybridized carbons (Fsp3) is 0.154. The van der Waals surface area contributed by atoms with E-state index in [1.165, 1.54) is 6.07 Å². The van der Waals surface area contributed by atoms with Crippen LogP contribution >= 0.6 is 11.6 Å². The van der Waals surface area contributed by atoms with Crippen LogP contribution in [0.3, 0.4) is 0 Å². The fourth-order valence-corrected chi connectivity index (χ4v) is 1.95. The number of alkyl halides is 3. The Labute approximate surface area is 132 Å². The summed E-state index contributed by atoms with van der Waals surface area (Å²) in [5, 5.41) is 14.2. The van der Waals surface area contributed by atoms with Crippen LogP contribution in [0.4, 0.5) is 18.9 Å². The highest BCUT2D eigenvalue weighted by molar-refractivity contribution is 6.31. The molecule has 0 radical (unpaired) electrons. The van der Waals surface area contributed by atoms with Gasteiger partial charge in [0.15, 0.2) is 0 Å². The zero-order valence-electron chi connectivity index (χ0n) is 11.3. The number of nitrogens with one attached hydrogen (secondary N) is 1. The standard InChI is InChI=1S/C13H9ClF3N3O3/c14-10-2-1-8(3-9(10)13(15,16)17)19-11(21)6-20-5-7(4-18-20)12(22)23/h1-5H,6H2,(H,19,21)(H,22,23). The third-order valence-corrected chi connectivity index (χ3v) is 3.07. The largest absolute Gasteiger partial charge is 0.478 e. The molecular formula is C13H9ClF3N3O3. The minimum atomic E-state index is -4.64. The molecule has 122 valence electrons. The second-order valence-corrected chi connectivity index (χ2v) is 4.88. The predicted octanol–water partition coefficient (Wildman–Crippen LogP) is 2.89. The van der Waals surface area contributed by atoms with E-state index in [0.29, 0.717) is 6.07 Å². The van der Waals surface area contributed by atoms with Crippen molar-refractivity contribution >= 4 is 29.2 Å². The van der Waals surface area contributed by atoms with Crippen LogP contribution < -0.4 is 5.32 Å². The number of rotatable bonds is 4. The van der Waals surface area contributed by atoms with Gasteiger partial charge >= 0.3 is 12.1 Å². The first-order valence-corrected chi connectivity index (χ1v) is 6.47. The van der Waals surface area contributed by atoms with Gasteiger partial charge in [0.2, 0.25) is 5.91 Å². The van der Waals surface area contributed by atoms with E-state index in [-0.39, 0.29) is 17.8 Å². The topological polar surface area (TPSA) is 84.2 Å². The molecule has 0 fully saturated rings. The summed E-state index contributed by atoms with van der Waals surface area (Å²) in [4.78, 5) is 22.5. The third kappa shape index (κ3) is 4.22. The number of anilines is 1. The van der Waals surface area contributed by atoms with Crippen molar-refractivity contribution in [1.29, 1.82) is 0 Å². The van der Waals surface area contributed by atoms with Gasteiger partial charge in [-0.1, -0.05) is 11.6 Å². The normalized spacial score (nSPS) is 11.3. The van der Waals surface area contributed by atoms with Gasteiger partial charge in [-0.3, -0.25) is 9.48 Å². The molecule has 1 aromatic heterocycles. The zero-order valence-corrected chi connectivity index (χ0v) is 12.0. The Bertz CT molecular complexity index is 758. The first kappa shape index (κ1) is 16.8. The molecule has 0 aliphatic rings. The third-order valence-electron chi connectivity index (χ3n) is 2.74. The lowest BCUT2D eigenvalue weighted by atomic mass is 10.2. The molecule has 0 unspecified atom stereocenters. The van der Waals surface area contributed by atoms with Gasteiger partial charge in [0.25, 0.3) is 0 Å². The lowest BCUT2D eigenvalue weighted by molar-refractivity contribution is -0.137. The molecule has 0 aliphatic carbocycles. The highest BCUT2D eigenvalue weighted by Gasteiger charge is 2.33. The number of aromatic nitrogens is 2. The number of carboxylic acid groups (broad SMARTS) is 1. The summed E-state index contributed by atoms with van der Waals surface area (Å²) in [5.41, 5.74) is -1.26. The maximum Gasteiger partial charge on any atom is 0.417 e. The number of carbonyl (C=O) groups is 2. The lowest BCUT2D eigenvalue weighted by Crippen LogP contribution is -2.19. The van der Waals surface area contributed by atoms with Crippen LogP contribution in [-0.4, -0.2) is 26.8 Å². The van der Waals surface area contributed by atoms with E-state index in [9.17, 15) is 22.8 Å². The van der Waals surface area contributed by atoms with Crippen LogP contribution in [0.15, 0.2) is 30.6 Å². The number of hydrogen-bond acceptors (Lipinski definition) is 3. The lowest BCUT2D eigenvalue weighted by Gasteiger charge is -2.11. The summed E-state index contributed by atoms with van der Waals surface area (Å²) in [7, 11) is 0. The molecule has 10 heteroatoms. The number of aromatic carboxylic acids is 1. The van der Waals surface area contributed by atoms with Gasteiger partial charge in [-0.2, -0.15) is 18.3 Å². The molecular weight excluding hydrogens is 339 g/mol. The molecule has 1 heterocycles. The summed E-state index contributed by atoms with van der Waals surface area (Å²) >= 11 is 5.48. The monoisotopic (exact) mass is 347 g/mol. The summed E-state index contributed by atoms with van der Waals surface area (Å²) in [6.45, 7) is -0.350. The molecule has 0 bridgehead atoms. The van der Waals surface area contributed by atoms with E-state index in [4.69, 9.17) is 16.7 Å². The fourth-order valence-electron chi connectivity index (χ4n) is 1.73. The maximum absolute atomic E-state index is 12.7. The van der Waals surface area contributed by atoms with Crippen molar-refractivity contribution in [1.82, 2.24) is 9.78 Å². The van der Waals surface area contributed by atoms with E-state index >= 15 is 0 Å². The van der Waals surface area contributed by atoms with Gasteiger partial charge in [0.05, 0.1) is 22.3 Å².